The van der Waals surface area contributed by atoms with E-state index in [-0.39, 0.29) is 59.9 Å². The molecule has 0 spiro atoms. The van der Waals surface area contributed by atoms with Gasteiger partial charge in [0.15, 0.2) is 23.8 Å². The van der Waals surface area contributed by atoms with Crippen LogP contribution in [0.5, 0.6) is 0 Å². The maximum Gasteiger partial charge on any atom is 0.314 e. The molecule has 14 nitrogen and oxygen atoms in total. The fourth-order valence-corrected chi connectivity index (χ4v) is 6.15. The van der Waals surface area contributed by atoms with Crippen LogP contribution in [0.2, 0.25) is 0 Å². The molecule has 2 fully saturated rings. The number of Topliss-reactive ketones (excluding diaryl/α,β-unsaturated/α-hetero) is 2. The van der Waals surface area contributed by atoms with E-state index < -0.39 is 83.7 Å². The first kappa shape index (κ1) is 45.2. The van der Waals surface area contributed by atoms with E-state index in [1.807, 2.05) is 34.6 Å². The number of cyclic esters (lactones) is 2. The van der Waals surface area contributed by atoms with Gasteiger partial charge in [-0.3, -0.25) is 38.4 Å². The number of carboxylic acid groups (broad SMARTS) is 2. The van der Waals surface area contributed by atoms with Crippen molar-refractivity contribution in [3.63, 3.8) is 0 Å². The topological polar surface area (TPSA) is 220 Å². The number of rotatable bonds is 19. The molecule has 0 radical (unpaired) electrons. The first-order valence-electron chi connectivity index (χ1n) is 18.0. The third-order valence-electron chi connectivity index (χ3n) is 9.87. The number of ketones is 2. The quantitative estimate of drug-likeness (QED) is 0.140. The minimum atomic E-state index is -1.02. The van der Waals surface area contributed by atoms with E-state index in [9.17, 15) is 48.6 Å². The van der Waals surface area contributed by atoms with E-state index in [4.69, 9.17) is 9.47 Å². The van der Waals surface area contributed by atoms with Crippen molar-refractivity contribution in [3.05, 3.63) is 0 Å². The second kappa shape index (κ2) is 19.7. The van der Waals surface area contributed by atoms with Crippen LogP contribution in [0, 0.1) is 59.2 Å². The van der Waals surface area contributed by atoms with Gasteiger partial charge in [0.2, 0.25) is 0 Å². The second-order valence-electron chi connectivity index (χ2n) is 15.6. The Balaban J connectivity index is 0.000000510. The highest BCUT2D eigenvalue weighted by Gasteiger charge is 2.50. The van der Waals surface area contributed by atoms with Gasteiger partial charge in [0, 0.05) is 12.8 Å². The van der Waals surface area contributed by atoms with Crippen molar-refractivity contribution in [2.75, 3.05) is 0 Å². The summed E-state index contributed by atoms with van der Waals surface area (Å²) in [7, 11) is 0. The SMILES string of the molecule is CC(C)[C@H](CC(=O)[C@@H](NC(=O)[C@@H]1OC(=O)[C@H]1C(C)C)C(C)C)C(=O)O.CC[C@H](C)[C@H](CC(=O)[C@@H](NC(=O)[C@@H]1OC(=O)[C@H]1C(C)C)C(C)C)C(=O)O. The molecule has 2 heterocycles. The number of hydrogen-bond acceptors (Lipinski definition) is 10. The van der Waals surface area contributed by atoms with Gasteiger partial charge in [-0.25, -0.2) is 0 Å². The molecule has 4 N–H and O–H groups in total. The Morgan fingerprint density at radius 3 is 1.16 bits per heavy atom. The van der Waals surface area contributed by atoms with Crippen molar-refractivity contribution in [3.8, 4) is 0 Å². The first-order valence-corrected chi connectivity index (χ1v) is 18.0. The lowest BCUT2D eigenvalue weighted by Gasteiger charge is -2.37. The summed E-state index contributed by atoms with van der Waals surface area (Å²) in [6, 6.07) is -1.61. The molecule has 2 saturated heterocycles. The third kappa shape index (κ3) is 12.1. The largest absolute Gasteiger partial charge is 0.481 e. The molecule has 2 amide bonds. The monoisotopic (exact) mass is 724 g/mol. The number of nitrogens with one attached hydrogen (secondary N) is 2. The Labute approximate surface area is 301 Å². The molecule has 0 bridgehead atoms. The van der Waals surface area contributed by atoms with E-state index >= 15 is 0 Å². The lowest BCUT2D eigenvalue weighted by molar-refractivity contribution is -0.193. The van der Waals surface area contributed by atoms with Crippen LogP contribution in [0.1, 0.15) is 102 Å². The molecule has 51 heavy (non-hydrogen) atoms. The first-order chi connectivity index (χ1) is 23.5. The number of ether oxygens (including phenoxy) is 2. The predicted molar refractivity (Wildman–Crippen MR) is 186 cm³/mol. The van der Waals surface area contributed by atoms with Crippen molar-refractivity contribution < 1.29 is 58.0 Å². The molecular weight excluding hydrogens is 664 g/mol. The maximum atomic E-state index is 12.7. The smallest absolute Gasteiger partial charge is 0.314 e. The highest BCUT2D eigenvalue weighted by atomic mass is 16.6. The van der Waals surface area contributed by atoms with Crippen LogP contribution in [0.4, 0.5) is 0 Å². The van der Waals surface area contributed by atoms with Crippen LogP contribution >= 0.6 is 0 Å². The molecule has 0 aliphatic carbocycles. The number of aliphatic carboxylic acids is 2. The average molecular weight is 725 g/mol. The third-order valence-corrected chi connectivity index (χ3v) is 9.87. The van der Waals surface area contributed by atoms with E-state index in [2.05, 4.69) is 10.6 Å². The Kier molecular flexibility index (Phi) is 17.4. The summed E-state index contributed by atoms with van der Waals surface area (Å²) in [6.45, 7) is 21.6. The molecule has 9 atom stereocenters. The maximum absolute atomic E-state index is 12.7. The molecule has 0 unspecified atom stereocenters. The number of carbonyl (C=O) groups excluding carboxylic acids is 6. The summed E-state index contributed by atoms with van der Waals surface area (Å²) in [6.07, 6.45) is -1.40. The molecule has 0 saturated carbocycles. The molecule has 2 rings (SSSR count). The normalized spacial score (nSPS) is 22.7. The second-order valence-corrected chi connectivity index (χ2v) is 15.6. The Hall–Kier alpha value is -3.84. The van der Waals surface area contributed by atoms with Crippen LogP contribution in [0.3, 0.4) is 0 Å². The van der Waals surface area contributed by atoms with Crippen LogP contribution in [0.15, 0.2) is 0 Å². The molecule has 290 valence electrons. The van der Waals surface area contributed by atoms with Gasteiger partial charge >= 0.3 is 23.9 Å². The number of carbonyl (C=O) groups is 8. The summed E-state index contributed by atoms with van der Waals surface area (Å²) < 4.78 is 9.89. The Morgan fingerprint density at radius 1 is 0.588 bits per heavy atom. The van der Waals surface area contributed by atoms with Gasteiger partial charge in [-0.2, -0.15) is 0 Å². The van der Waals surface area contributed by atoms with Gasteiger partial charge < -0.3 is 30.3 Å². The van der Waals surface area contributed by atoms with Gasteiger partial charge in [-0.05, 0) is 35.5 Å². The van der Waals surface area contributed by atoms with Crippen LogP contribution in [-0.4, -0.2) is 81.8 Å². The van der Waals surface area contributed by atoms with E-state index in [1.54, 1.807) is 48.5 Å². The zero-order chi connectivity index (χ0) is 39.7. The van der Waals surface area contributed by atoms with Gasteiger partial charge in [0.1, 0.15) is 11.8 Å². The predicted octanol–water partition coefficient (Wildman–Crippen LogP) is 3.67. The summed E-state index contributed by atoms with van der Waals surface area (Å²) >= 11 is 0. The molecule has 2 aliphatic rings. The van der Waals surface area contributed by atoms with Crippen molar-refractivity contribution >= 4 is 47.3 Å². The fraction of sp³-hybridized carbons (Fsp3) is 0.784. The summed E-state index contributed by atoms with van der Waals surface area (Å²) in [5.74, 6) is -7.89. The molecule has 14 heteroatoms. The standard InChI is InChI=1S/C19H31NO6.C18H29NO6/c1-7-11(6)12(18(23)24)8-13(21)15(10(4)5)20-17(22)16-14(9(2)3)19(25)26-16;1-8(2)11(17(22)23)7-12(20)14(10(5)6)19-16(21)15-13(9(3)4)18(24)25-15/h9-12,14-16H,7-8H2,1-6H3,(H,20,22)(H,23,24);8-11,13-15H,7H2,1-6H3,(H,19,21)(H,22,23)/t11-,12-,14-,15-,16+;11-,13-,14-,15+/m00/s1. The molecular formula is C37H60N2O12. The minimum Gasteiger partial charge on any atom is -0.481 e. The molecule has 0 aromatic heterocycles. The summed E-state index contributed by atoms with van der Waals surface area (Å²) in [5.41, 5.74) is 0. The lowest BCUT2D eigenvalue weighted by atomic mass is 9.83. The van der Waals surface area contributed by atoms with E-state index in [0.717, 1.165) is 0 Å². The highest BCUT2D eigenvalue weighted by Crippen LogP contribution is 2.31. The molecule has 0 aromatic rings. The van der Waals surface area contributed by atoms with Crippen LogP contribution in [0.25, 0.3) is 0 Å². The van der Waals surface area contributed by atoms with E-state index in [1.165, 1.54) is 0 Å². The Bertz CT molecular complexity index is 1290. The van der Waals surface area contributed by atoms with Crippen molar-refractivity contribution in [2.45, 2.75) is 127 Å². The number of hydrogen-bond donors (Lipinski definition) is 4. The van der Waals surface area contributed by atoms with E-state index in [0.29, 0.717) is 6.42 Å². The average Bonchev–Trinajstić information content (AvgIpc) is 2.99. The van der Waals surface area contributed by atoms with Crippen LogP contribution in [-0.2, 0) is 47.8 Å². The van der Waals surface area contributed by atoms with Gasteiger partial charge in [0.05, 0.1) is 23.9 Å². The number of esters is 2. The molecule has 0 aromatic carbocycles. The fourth-order valence-electron chi connectivity index (χ4n) is 6.15. The highest BCUT2D eigenvalue weighted by molar-refractivity contribution is 5.98. The lowest BCUT2D eigenvalue weighted by Crippen LogP contribution is -2.59. The van der Waals surface area contributed by atoms with Crippen molar-refractivity contribution in [1.82, 2.24) is 10.6 Å². The Morgan fingerprint density at radius 2 is 0.922 bits per heavy atom. The zero-order valence-corrected chi connectivity index (χ0v) is 32.2. The summed E-state index contributed by atoms with van der Waals surface area (Å²) in [5, 5.41) is 24.0. The van der Waals surface area contributed by atoms with Gasteiger partial charge in [0.25, 0.3) is 11.8 Å². The minimum absolute atomic E-state index is 0.0393. The van der Waals surface area contributed by atoms with Crippen molar-refractivity contribution in [2.24, 2.45) is 59.2 Å². The van der Waals surface area contributed by atoms with Crippen molar-refractivity contribution in [1.29, 1.82) is 0 Å². The van der Waals surface area contributed by atoms with Gasteiger partial charge in [-0.1, -0.05) is 89.5 Å². The number of carboxylic acids is 2. The van der Waals surface area contributed by atoms with Crippen LogP contribution < -0.4 is 10.6 Å². The van der Waals surface area contributed by atoms with Gasteiger partial charge in [-0.15, -0.1) is 0 Å². The molecule has 2 aliphatic heterocycles. The summed E-state index contributed by atoms with van der Waals surface area (Å²) in [4.78, 5) is 95.9. The zero-order valence-electron chi connectivity index (χ0n) is 32.2. The number of amides is 2.